The van der Waals surface area contributed by atoms with Crippen LogP contribution >= 0.6 is 0 Å². The summed E-state index contributed by atoms with van der Waals surface area (Å²) in [6, 6.07) is 3.22. The molecule has 0 aromatic carbocycles. The van der Waals surface area contributed by atoms with Crippen LogP contribution in [0.25, 0.3) is 10.9 Å². The molecule has 0 aliphatic heterocycles. The number of carbonyl (C=O) groups excluding carboxylic acids is 1. The van der Waals surface area contributed by atoms with Gasteiger partial charge in [0.2, 0.25) is 11.8 Å². The first-order valence-electron chi connectivity index (χ1n) is 8.98. The lowest BCUT2D eigenvalue weighted by atomic mass is 10.1. The van der Waals surface area contributed by atoms with E-state index in [-0.39, 0.29) is 18.2 Å². The van der Waals surface area contributed by atoms with Gasteiger partial charge < -0.3 is 10.1 Å². The minimum absolute atomic E-state index is 0.0809. The Bertz CT molecular complexity index is 1020. The molecule has 1 N–H and O–H groups in total. The summed E-state index contributed by atoms with van der Waals surface area (Å²) in [5.41, 5.74) is 2.85. The Balaban J connectivity index is 1.77. The van der Waals surface area contributed by atoms with Gasteiger partial charge in [-0.05, 0) is 31.0 Å². The Morgan fingerprint density at radius 3 is 2.79 bits per heavy atom. The van der Waals surface area contributed by atoms with Crippen molar-refractivity contribution in [1.29, 1.82) is 0 Å². The number of rotatable bonds is 7. The van der Waals surface area contributed by atoms with Crippen LogP contribution in [-0.2, 0) is 17.8 Å². The van der Waals surface area contributed by atoms with E-state index < -0.39 is 12.8 Å². The molecule has 3 rings (SSSR count). The van der Waals surface area contributed by atoms with Crippen molar-refractivity contribution < 1.29 is 22.7 Å². The van der Waals surface area contributed by atoms with E-state index in [0.29, 0.717) is 24.3 Å². The van der Waals surface area contributed by atoms with Gasteiger partial charge in [0.15, 0.2) is 6.61 Å². The van der Waals surface area contributed by atoms with Crippen molar-refractivity contribution in [2.45, 2.75) is 33.0 Å². The second-order valence-corrected chi connectivity index (χ2v) is 6.50. The quantitative estimate of drug-likeness (QED) is 0.651. The van der Waals surface area contributed by atoms with Crippen LogP contribution in [0.4, 0.5) is 13.2 Å². The number of hydrogen-bond acceptors (Lipinski definition) is 5. The molecule has 3 aromatic heterocycles. The molecule has 154 valence electrons. The number of nitrogens with one attached hydrogen (secondary N) is 1. The SMILES string of the molecule is CCNC(=O)Cc1nccc2nn(Cc3cnc(OCC(F)(F)F)cc3C)cc12. The van der Waals surface area contributed by atoms with Crippen molar-refractivity contribution >= 4 is 16.8 Å². The number of fused-ring (bicyclic) bond motifs is 1. The third-order valence-electron chi connectivity index (χ3n) is 4.18. The first-order valence-corrected chi connectivity index (χ1v) is 8.98. The van der Waals surface area contributed by atoms with Gasteiger partial charge in [-0.3, -0.25) is 14.5 Å². The number of aromatic nitrogens is 4. The van der Waals surface area contributed by atoms with Gasteiger partial charge in [-0.1, -0.05) is 0 Å². The van der Waals surface area contributed by atoms with Gasteiger partial charge in [-0.25, -0.2) is 4.98 Å². The Morgan fingerprint density at radius 2 is 2.10 bits per heavy atom. The number of ether oxygens (including phenoxy) is 1. The molecule has 0 bridgehead atoms. The number of halogens is 3. The number of hydrogen-bond donors (Lipinski definition) is 1. The molecule has 10 heteroatoms. The van der Waals surface area contributed by atoms with E-state index in [4.69, 9.17) is 0 Å². The number of nitrogens with zero attached hydrogens (tertiary/aromatic N) is 4. The fraction of sp³-hybridized carbons (Fsp3) is 0.368. The monoisotopic (exact) mass is 407 g/mol. The second-order valence-electron chi connectivity index (χ2n) is 6.50. The maximum atomic E-state index is 12.3. The topological polar surface area (TPSA) is 81.9 Å². The van der Waals surface area contributed by atoms with Crippen LogP contribution in [0.5, 0.6) is 5.88 Å². The molecule has 0 atom stereocenters. The fourth-order valence-electron chi connectivity index (χ4n) is 2.82. The lowest BCUT2D eigenvalue weighted by Gasteiger charge is -2.11. The van der Waals surface area contributed by atoms with Crippen LogP contribution in [0.15, 0.2) is 30.7 Å². The Kier molecular flexibility index (Phi) is 6.00. The molecule has 7 nitrogen and oxygen atoms in total. The van der Waals surface area contributed by atoms with Gasteiger partial charge in [0.25, 0.3) is 0 Å². The summed E-state index contributed by atoms with van der Waals surface area (Å²) in [5.74, 6) is -0.197. The molecule has 1 amide bonds. The normalized spacial score (nSPS) is 11.6. The van der Waals surface area contributed by atoms with Crippen LogP contribution < -0.4 is 10.1 Å². The summed E-state index contributed by atoms with van der Waals surface area (Å²) in [7, 11) is 0. The van der Waals surface area contributed by atoms with E-state index in [0.717, 1.165) is 16.5 Å². The average molecular weight is 407 g/mol. The third-order valence-corrected chi connectivity index (χ3v) is 4.18. The number of alkyl halides is 3. The minimum Gasteiger partial charge on any atom is -0.468 e. The van der Waals surface area contributed by atoms with E-state index in [9.17, 15) is 18.0 Å². The molecule has 0 fully saturated rings. The van der Waals surface area contributed by atoms with Crippen molar-refractivity contribution in [3.63, 3.8) is 0 Å². The molecule has 0 saturated carbocycles. The minimum atomic E-state index is -4.41. The number of amides is 1. The van der Waals surface area contributed by atoms with E-state index in [2.05, 4.69) is 25.1 Å². The molecule has 3 aromatic rings. The van der Waals surface area contributed by atoms with E-state index >= 15 is 0 Å². The molecule has 0 radical (unpaired) electrons. The van der Waals surface area contributed by atoms with Gasteiger partial charge in [0.1, 0.15) is 0 Å². The number of likely N-dealkylation sites (N-methyl/N-ethyl adjacent to an activating group) is 1. The smallest absolute Gasteiger partial charge is 0.422 e. The highest BCUT2D eigenvalue weighted by Gasteiger charge is 2.28. The van der Waals surface area contributed by atoms with E-state index in [1.54, 1.807) is 30.1 Å². The van der Waals surface area contributed by atoms with E-state index in [1.165, 1.54) is 12.3 Å². The highest BCUT2D eigenvalue weighted by atomic mass is 19.4. The first kappa shape index (κ1) is 20.6. The molecule has 0 unspecified atom stereocenters. The predicted octanol–water partition coefficient (Wildman–Crippen LogP) is 2.80. The third kappa shape index (κ3) is 5.43. The highest BCUT2D eigenvalue weighted by molar-refractivity contribution is 5.86. The average Bonchev–Trinajstić information content (AvgIpc) is 3.05. The summed E-state index contributed by atoms with van der Waals surface area (Å²) in [6.45, 7) is 3.14. The summed E-state index contributed by atoms with van der Waals surface area (Å²) in [6.07, 6.45) is 0.616. The van der Waals surface area contributed by atoms with Crippen LogP contribution in [0.3, 0.4) is 0 Å². The number of pyridine rings is 2. The molecule has 3 heterocycles. The van der Waals surface area contributed by atoms with Gasteiger partial charge in [0.05, 0.1) is 24.2 Å². The van der Waals surface area contributed by atoms with Crippen LogP contribution in [0.2, 0.25) is 0 Å². The fourth-order valence-corrected chi connectivity index (χ4v) is 2.82. The summed E-state index contributed by atoms with van der Waals surface area (Å²) in [4.78, 5) is 20.1. The van der Waals surface area contributed by atoms with Crippen LogP contribution in [-0.4, -0.2) is 45.0 Å². The van der Waals surface area contributed by atoms with Gasteiger partial charge >= 0.3 is 6.18 Å². The van der Waals surface area contributed by atoms with Crippen LogP contribution in [0.1, 0.15) is 23.7 Å². The molecule has 0 aliphatic rings. The van der Waals surface area contributed by atoms with Crippen molar-refractivity contribution in [3.05, 3.63) is 47.5 Å². The lowest BCUT2D eigenvalue weighted by Crippen LogP contribution is -2.24. The standard InChI is InChI=1S/C19H20F3N5O2/c1-3-23-17(28)7-16-14-10-27(26-15(14)4-5-24-16)9-13-8-25-18(6-12(13)2)29-11-19(20,21)22/h4-6,8,10H,3,7,9,11H2,1-2H3,(H,23,28). The number of aryl methyl sites for hydroxylation is 1. The zero-order chi connectivity index (χ0) is 21.0. The van der Waals surface area contributed by atoms with Crippen molar-refractivity contribution in [2.75, 3.05) is 13.2 Å². The summed E-state index contributed by atoms with van der Waals surface area (Å²) < 4.78 is 43.2. The maximum Gasteiger partial charge on any atom is 0.422 e. The molecular weight excluding hydrogens is 387 g/mol. The predicted molar refractivity (Wildman–Crippen MR) is 99.5 cm³/mol. The van der Waals surface area contributed by atoms with Crippen molar-refractivity contribution in [2.24, 2.45) is 0 Å². The van der Waals surface area contributed by atoms with Crippen molar-refractivity contribution in [3.8, 4) is 5.88 Å². The first-order chi connectivity index (χ1) is 13.7. The van der Waals surface area contributed by atoms with Gasteiger partial charge in [-0.15, -0.1) is 0 Å². The molecule has 0 spiro atoms. The maximum absolute atomic E-state index is 12.3. The Morgan fingerprint density at radius 1 is 1.31 bits per heavy atom. The molecule has 0 aliphatic carbocycles. The largest absolute Gasteiger partial charge is 0.468 e. The van der Waals surface area contributed by atoms with Gasteiger partial charge in [-0.2, -0.15) is 18.3 Å². The summed E-state index contributed by atoms with van der Waals surface area (Å²) >= 11 is 0. The summed E-state index contributed by atoms with van der Waals surface area (Å²) in [5, 5.41) is 8.00. The Labute approximate surface area is 164 Å². The second kappa shape index (κ2) is 8.46. The van der Waals surface area contributed by atoms with Crippen LogP contribution in [0, 0.1) is 6.92 Å². The van der Waals surface area contributed by atoms with Gasteiger partial charge in [0, 0.05) is 36.6 Å². The highest BCUT2D eigenvalue weighted by Crippen LogP contribution is 2.21. The van der Waals surface area contributed by atoms with Crippen molar-refractivity contribution in [1.82, 2.24) is 25.1 Å². The molecule has 0 saturated heterocycles. The lowest BCUT2D eigenvalue weighted by molar-refractivity contribution is -0.154. The van der Waals surface area contributed by atoms with E-state index in [1.807, 2.05) is 6.92 Å². The zero-order valence-corrected chi connectivity index (χ0v) is 16.0. The molecule has 29 heavy (non-hydrogen) atoms. The zero-order valence-electron chi connectivity index (χ0n) is 16.0. The number of carbonyl (C=O) groups is 1. The Hall–Kier alpha value is -3.17. The molecular formula is C19H20F3N5O2.